The van der Waals surface area contributed by atoms with Crippen molar-refractivity contribution in [2.45, 2.75) is 13.5 Å². The van der Waals surface area contributed by atoms with Crippen LogP contribution in [0.2, 0.25) is 0 Å². The van der Waals surface area contributed by atoms with Gasteiger partial charge in [-0.15, -0.1) is 0 Å². The van der Waals surface area contributed by atoms with Gasteiger partial charge in [-0.3, -0.25) is 14.3 Å². The van der Waals surface area contributed by atoms with Gasteiger partial charge in [0.1, 0.15) is 0 Å². The molecule has 28 heavy (non-hydrogen) atoms. The normalized spacial score (nSPS) is 15.0. The van der Waals surface area contributed by atoms with Crippen molar-refractivity contribution in [2.75, 3.05) is 26.2 Å². The summed E-state index contributed by atoms with van der Waals surface area (Å²) < 4.78 is 1.59. The van der Waals surface area contributed by atoms with E-state index in [1.807, 2.05) is 30.0 Å². The molecule has 1 aliphatic rings. The number of aromatic amines is 1. The summed E-state index contributed by atoms with van der Waals surface area (Å²) >= 11 is 0. The average molecular weight is 376 g/mol. The predicted molar refractivity (Wildman–Crippen MR) is 109 cm³/mol. The van der Waals surface area contributed by atoms with E-state index < -0.39 is 0 Å². The molecule has 6 nitrogen and oxygen atoms in total. The van der Waals surface area contributed by atoms with E-state index in [1.165, 1.54) is 5.56 Å². The molecular weight excluding hydrogens is 352 g/mol. The number of imidazole rings is 1. The number of hydrogen-bond donors (Lipinski definition) is 1. The summed E-state index contributed by atoms with van der Waals surface area (Å²) in [5.74, 6) is 0.0454. The van der Waals surface area contributed by atoms with Gasteiger partial charge in [-0.05, 0) is 36.8 Å². The van der Waals surface area contributed by atoms with Crippen molar-refractivity contribution >= 4 is 5.91 Å². The Morgan fingerprint density at radius 1 is 0.964 bits per heavy atom. The van der Waals surface area contributed by atoms with Crippen LogP contribution < -0.4 is 5.69 Å². The van der Waals surface area contributed by atoms with Crippen molar-refractivity contribution in [3.63, 3.8) is 0 Å². The summed E-state index contributed by atoms with van der Waals surface area (Å²) in [6.45, 7) is 5.98. The molecule has 1 aliphatic heterocycles. The van der Waals surface area contributed by atoms with Crippen LogP contribution in [0.5, 0.6) is 0 Å². The predicted octanol–water partition coefficient (Wildman–Crippen LogP) is 2.43. The molecule has 3 aromatic rings. The molecule has 0 unspecified atom stereocenters. The van der Waals surface area contributed by atoms with Gasteiger partial charge in [-0.2, -0.15) is 0 Å². The maximum Gasteiger partial charge on any atom is 0.330 e. The third kappa shape index (κ3) is 3.77. The van der Waals surface area contributed by atoms with Crippen molar-refractivity contribution < 1.29 is 4.79 Å². The highest BCUT2D eigenvalue weighted by Crippen LogP contribution is 2.14. The first kappa shape index (κ1) is 18.3. The van der Waals surface area contributed by atoms with Gasteiger partial charge in [0.25, 0.3) is 5.91 Å². The molecule has 0 saturated carbocycles. The molecule has 0 radical (unpaired) electrons. The van der Waals surface area contributed by atoms with Crippen LogP contribution in [0.15, 0.2) is 65.6 Å². The van der Waals surface area contributed by atoms with E-state index in [9.17, 15) is 9.59 Å². The standard InChI is InChI=1S/C22H24N4O2/c1-17-15-23-22(28)26(17)20-9-7-19(8-10-20)21(27)25-13-11-24(12-14-25)16-18-5-3-2-4-6-18/h2-10,15H,11-14,16H2,1H3,(H,23,28). The lowest BCUT2D eigenvalue weighted by Gasteiger charge is -2.34. The zero-order chi connectivity index (χ0) is 19.5. The van der Waals surface area contributed by atoms with Gasteiger partial charge in [-0.25, -0.2) is 4.79 Å². The molecule has 0 bridgehead atoms. The molecule has 0 atom stereocenters. The zero-order valence-corrected chi connectivity index (χ0v) is 16.0. The molecule has 2 aromatic carbocycles. The van der Waals surface area contributed by atoms with Gasteiger partial charge in [0.15, 0.2) is 0 Å². The molecule has 0 aliphatic carbocycles. The van der Waals surface area contributed by atoms with Crippen molar-refractivity contribution in [1.29, 1.82) is 0 Å². The van der Waals surface area contributed by atoms with E-state index in [1.54, 1.807) is 22.9 Å². The summed E-state index contributed by atoms with van der Waals surface area (Å²) in [6.07, 6.45) is 1.68. The first-order chi connectivity index (χ1) is 13.6. The monoisotopic (exact) mass is 376 g/mol. The smallest absolute Gasteiger partial charge is 0.330 e. The first-order valence-electron chi connectivity index (χ1n) is 9.55. The van der Waals surface area contributed by atoms with Crippen LogP contribution >= 0.6 is 0 Å². The Hall–Kier alpha value is -3.12. The summed E-state index contributed by atoms with van der Waals surface area (Å²) in [5.41, 5.74) is 3.37. The number of carbonyl (C=O) groups excluding carboxylic acids is 1. The number of rotatable bonds is 4. The molecule has 1 amide bonds. The van der Waals surface area contributed by atoms with Crippen LogP contribution in [0, 0.1) is 6.92 Å². The van der Waals surface area contributed by atoms with Crippen LogP contribution in [0.25, 0.3) is 5.69 Å². The van der Waals surface area contributed by atoms with Crippen LogP contribution in [-0.2, 0) is 6.54 Å². The second kappa shape index (κ2) is 7.86. The second-order valence-electron chi connectivity index (χ2n) is 7.17. The molecule has 1 fully saturated rings. The molecule has 2 heterocycles. The molecule has 0 spiro atoms. The highest BCUT2D eigenvalue weighted by atomic mass is 16.2. The number of H-pyrrole nitrogens is 1. The number of nitrogens with zero attached hydrogens (tertiary/aromatic N) is 3. The van der Waals surface area contributed by atoms with Gasteiger partial charge < -0.3 is 9.88 Å². The highest BCUT2D eigenvalue weighted by molar-refractivity contribution is 5.94. The first-order valence-corrected chi connectivity index (χ1v) is 9.55. The number of amides is 1. The number of aryl methyl sites for hydroxylation is 1. The van der Waals surface area contributed by atoms with Gasteiger partial charge in [-0.1, -0.05) is 30.3 Å². The van der Waals surface area contributed by atoms with Gasteiger partial charge in [0.05, 0.1) is 5.69 Å². The fourth-order valence-corrected chi connectivity index (χ4v) is 3.66. The minimum Gasteiger partial charge on any atom is -0.336 e. The average Bonchev–Trinajstić information content (AvgIpc) is 3.07. The molecule has 1 N–H and O–H groups in total. The number of piperazine rings is 1. The van der Waals surface area contributed by atoms with E-state index in [2.05, 4.69) is 34.1 Å². The summed E-state index contributed by atoms with van der Waals surface area (Å²) in [7, 11) is 0. The third-order valence-corrected chi connectivity index (χ3v) is 5.24. The Kier molecular flexibility index (Phi) is 5.12. The number of carbonyl (C=O) groups is 1. The molecular formula is C22H24N4O2. The zero-order valence-electron chi connectivity index (χ0n) is 16.0. The lowest BCUT2D eigenvalue weighted by molar-refractivity contribution is 0.0628. The quantitative estimate of drug-likeness (QED) is 0.761. The van der Waals surface area contributed by atoms with E-state index in [0.29, 0.717) is 5.56 Å². The molecule has 144 valence electrons. The maximum absolute atomic E-state index is 12.8. The number of nitrogens with one attached hydrogen (secondary N) is 1. The fourth-order valence-electron chi connectivity index (χ4n) is 3.66. The summed E-state index contributed by atoms with van der Waals surface area (Å²) in [6, 6.07) is 17.7. The Bertz CT molecular complexity index is 997. The SMILES string of the molecule is Cc1c[nH]c(=O)n1-c1ccc(C(=O)N2CCN(Cc3ccccc3)CC2)cc1. The van der Waals surface area contributed by atoms with Crippen molar-refractivity contribution in [3.8, 4) is 5.69 Å². The maximum atomic E-state index is 12.8. The van der Waals surface area contributed by atoms with Gasteiger partial charge >= 0.3 is 5.69 Å². The minimum atomic E-state index is -0.175. The van der Waals surface area contributed by atoms with E-state index in [4.69, 9.17) is 0 Å². The van der Waals surface area contributed by atoms with Gasteiger partial charge in [0.2, 0.25) is 0 Å². The van der Waals surface area contributed by atoms with Gasteiger partial charge in [0, 0.05) is 50.2 Å². The number of aromatic nitrogens is 2. The van der Waals surface area contributed by atoms with Crippen LogP contribution in [-0.4, -0.2) is 51.4 Å². The lowest BCUT2D eigenvalue weighted by Crippen LogP contribution is -2.48. The van der Waals surface area contributed by atoms with Crippen LogP contribution in [0.3, 0.4) is 0 Å². The van der Waals surface area contributed by atoms with Crippen molar-refractivity contribution in [1.82, 2.24) is 19.4 Å². The van der Waals surface area contributed by atoms with Crippen LogP contribution in [0.1, 0.15) is 21.6 Å². The third-order valence-electron chi connectivity index (χ3n) is 5.24. The second-order valence-corrected chi connectivity index (χ2v) is 7.17. The molecule has 4 rings (SSSR count). The molecule has 1 aromatic heterocycles. The molecule has 6 heteroatoms. The van der Waals surface area contributed by atoms with E-state index in [0.717, 1.165) is 44.1 Å². The minimum absolute atomic E-state index is 0.0454. The number of benzene rings is 2. The fraction of sp³-hybridized carbons (Fsp3) is 0.273. The van der Waals surface area contributed by atoms with Crippen molar-refractivity contribution in [3.05, 3.63) is 88.1 Å². The van der Waals surface area contributed by atoms with E-state index in [-0.39, 0.29) is 11.6 Å². The van der Waals surface area contributed by atoms with Crippen molar-refractivity contribution in [2.24, 2.45) is 0 Å². The Labute approximate surface area is 164 Å². The molecule has 1 saturated heterocycles. The topological polar surface area (TPSA) is 61.3 Å². The van der Waals surface area contributed by atoms with E-state index >= 15 is 0 Å². The lowest BCUT2D eigenvalue weighted by atomic mass is 10.1. The summed E-state index contributed by atoms with van der Waals surface area (Å²) in [5, 5.41) is 0. The Balaban J connectivity index is 1.38. The highest BCUT2D eigenvalue weighted by Gasteiger charge is 2.22. The van der Waals surface area contributed by atoms with Crippen LogP contribution in [0.4, 0.5) is 0 Å². The Morgan fingerprint density at radius 2 is 1.64 bits per heavy atom. The Morgan fingerprint density at radius 3 is 2.25 bits per heavy atom. The number of hydrogen-bond acceptors (Lipinski definition) is 3. The summed E-state index contributed by atoms with van der Waals surface area (Å²) in [4.78, 5) is 31.7. The largest absolute Gasteiger partial charge is 0.336 e.